The average molecular weight is 301 g/mol. The van der Waals surface area contributed by atoms with Crippen molar-refractivity contribution in [3.8, 4) is 0 Å². The summed E-state index contributed by atoms with van der Waals surface area (Å²) in [6.07, 6.45) is 0. The summed E-state index contributed by atoms with van der Waals surface area (Å²) >= 11 is 5.99. The first-order valence-corrected chi connectivity index (χ1v) is 7.35. The van der Waals surface area contributed by atoms with E-state index in [-0.39, 0.29) is 11.8 Å². The van der Waals surface area contributed by atoms with Gasteiger partial charge in [0.15, 0.2) is 0 Å². The number of carbonyl (C=O) groups excluding carboxylic acids is 1. The maximum absolute atomic E-state index is 12.7. The molecule has 0 radical (unpaired) electrons. The molecule has 1 N–H and O–H groups in total. The summed E-state index contributed by atoms with van der Waals surface area (Å²) in [7, 11) is 1.84. The zero-order valence-corrected chi connectivity index (χ0v) is 12.6. The lowest BCUT2D eigenvalue weighted by Crippen LogP contribution is -2.32. The fourth-order valence-electron chi connectivity index (χ4n) is 2.76. The van der Waals surface area contributed by atoms with E-state index in [1.807, 2.05) is 55.6 Å². The van der Waals surface area contributed by atoms with Gasteiger partial charge in [-0.15, -0.1) is 0 Å². The van der Waals surface area contributed by atoms with Crippen LogP contribution in [0.5, 0.6) is 0 Å². The van der Waals surface area contributed by atoms with Crippen molar-refractivity contribution < 1.29 is 4.79 Å². The van der Waals surface area contributed by atoms with E-state index in [0.717, 1.165) is 16.8 Å². The fourth-order valence-corrected chi connectivity index (χ4v) is 2.97. The van der Waals surface area contributed by atoms with Gasteiger partial charge in [0.25, 0.3) is 0 Å². The van der Waals surface area contributed by atoms with Crippen LogP contribution >= 0.6 is 11.6 Å². The Balaban J connectivity index is 1.74. The minimum absolute atomic E-state index is 0.106. The molecule has 1 aliphatic heterocycles. The molecule has 0 aliphatic carbocycles. The summed E-state index contributed by atoms with van der Waals surface area (Å²) < 4.78 is 0. The zero-order chi connectivity index (χ0) is 14.8. The van der Waals surface area contributed by atoms with Gasteiger partial charge in [-0.1, -0.05) is 41.9 Å². The maximum atomic E-state index is 12.7. The van der Waals surface area contributed by atoms with Crippen LogP contribution in [0.25, 0.3) is 0 Å². The summed E-state index contributed by atoms with van der Waals surface area (Å²) in [6.45, 7) is 1.23. The van der Waals surface area contributed by atoms with Crippen molar-refractivity contribution in [2.45, 2.75) is 12.5 Å². The molecule has 0 saturated heterocycles. The molecule has 21 heavy (non-hydrogen) atoms. The molecule has 1 heterocycles. The summed E-state index contributed by atoms with van der Waals surface area (Å²) in [5.74, 6) is 0.0257. The van der Waals surface area contributed by atoms with Crippen LogP contribution < -0.4 is 5.32 Å². The normalized spacial score (nSPS) is 16.2. The number of benzene rings is 2. The second-order valence-electron chi connectivity index (χ2n) is 5.34. The number of fused-ring (bicyclic) bond motifs is 1. The Morgan fingerprint density at radius 3 is 2.90 bits per heavy atom. The highest BCUT2D eigenvalue weighted by Crippen LogP contribution is 2.32. The first kappa shape index (κ1) is 14.0. The molecular formula is C17H17ClN2O. The highest BCUT2D eigenvalue weighted by Gasteiger charge is 2.30. The number of anilines is 1. The molecule has 2 aromatic rings. The largest absolute Gasteiger partial charge is 0.384 e. The Labute approximate surface area is 129 Å². The molecule has 1 unspecified atom stereocenters. The molecule has 0 saturated carbocycles. The number of para-hydroxylation sites is 1. The third-order valence-corrected chi connectivity index (χ3v) is 4.05. The monoisotopic (exact) mass is 300 g/mol. The average Bonchev–Trinajstić information content (AvgIpc) is 2.90. The van der Waals surface area contributed by atoms with Crippen LogP contribution in [0.1, 0.15) is 17.0 Å². The molecule has 0 fully saturated rings. The molecule has 0 spiro atoms. The second kappa shape index (κ2) is 5.78. The van der Waals surface area contributed by atoms with Gasteiger partial charge in [-0.05, 0) is 29.3 Å². The number of nitrogens with one attached hydrogen (secondary N) is 1. The van der Waals surface area contributed by atoms with E-state index < -0.39 is 0 Å². The molecule has 0 aromatic heterocycles. The molecule has 4 heteroatoms. The number of carbonyl (C=O) groups is 1. The molecule has 1 atom stereocenters. The van der Waals surface area contributed by atoms with Gasteiger partial charge in [-0.2, -0.15) is 0 Å². The number of halogens is 1. The summed E-state index contributed by atoms with van der Waals surface area (Å²) in [5.41, 5.74) is 3.19. The number of hydrogen-bond donors (Lipinski definition) is 1. The number of nitrogens with zero attached hydrogens (tertiary/aromatic N) is 1. The molecule has 3 nitrogen and oxygen atoms in total. The Bertz CT molecular complexity index is 671. The quantitative estimate of drug-likeness (QED) is 0.941. The van der Waals surface area contributed by atoms with E-state index in [1.54, 1.807) is 4.90 Å². The third kappa shape index (κ3) is 2.88. The van der Waals surface area contributed by atoms with E-state index in [1.165, 1.54) is 0 Å². The van der Waals surface area contributed by atoms with Gasteiger partial charge in [-0.25, -0.2) is 0 Å². The van der Waals surface area contributed by atoms with Crippen molar-refractivity contribution in [1.82, 2.24) is 4.90 Å². The lowest BCUT2D eigenvalue weighted by atomic mass is 10.00. The molecule has 2 aromatic carbocycles. The first-order valence-electron chi connectivity index (χ1n) is 6.97. The summed E-state index contributed by atoms with van der Waals surface area (Å²) in [6, 6.07) is 15.6. The molecule has 1 amide bonds. The van der Waals surface area contributed by atoms with Crippen molar-refractivity contribution >= 4 is 23.2 Å². The lowest BCUT2D eigenvalue weighted by Gasteiger charge is -2.21. The van der Waals surface area contributed by atoms with E-state index in [0.29, 0.717) is 18.1 Å². The molecular weight excluding hydrogens is 284 g/mol. The second-order valence-corrected chi connectivity index (χ2v) is 5.78. The zero-order valence-electron chi connectivity index (χ0n) is 11.8. The van der Waals surface area contributed by atoms with E-state index in [9.17, 15) is 4.79 Å². The van der Waals surface area contributed by atoms with Gasteiger partial charge in [0, 0.05) is 30.8 Å². The Morgan fingerprint density at radius 1 is 1.29 bits per heavy atom. The Kier molecular flexibility index (Phi) is 3.84. The van der Waals surface area contributed by atoms with Crippen LogP contribution in [0.15, 0.2) is 48.5 Å². The van der Waals surface area contributed by atoms with Crippen molar-refractivity contribution in [3.63, 3.8) is 0 Å². The molecule has 3 rings (SSSR count). The van der Waals surface area contributed by atoms with Crippen LogP contribution in [-0.2, 0) is 11.3 Å². The van der Waals surface area contributed by atoms with Crippen molar-refractivity contribution in [3.05, 3.63) is 64.7 Å². The number of likely N-dealkylation sites (N-methyl/N-ethyl adjacent to an activating group) is 1. The molecule has 1 aliphatic rings. The van der Waals surface area contributed by atoms with Gasteiger partial charge in [0.2, 0.25) is 5.91 Å². The highest BCUT2D eigenvalue weighted by atomic mass is 35.5. The van der Waals surface area contributed by atoms with Gasteiger partial charge in [-0.3, -0.25) is 4.79 Å². The maximum Gasteiger partial charge on any atom is 0.232 e. The van der Waals surface area contributed by atoms with Gasteiger partial charge in [0.1, 0.15) is 0 Å². The van der Waals surface area contributed by atoms with Crippen LogP contribution in [0.2, 0.25) is 5.02 Å². The highest BCUT2D eigenvalue weighted by molar-refractivity contribution is 6.30. The fraction of sp³-hybridized carbons (Fsp3) is 0.235. The first-order chi connectivity index (χ1) is 10.1. The van der Waals surface area contributed by atoms with Crippen molar-refractivity contribution in [2.75, 3.05) is 18.9 Å². The van der Waals surface area contributed by atoms with E-state index >= 15 is 0 Å². The van der Waals surface area contributed by atoms with Crippen LogP contribution in [0.4, 0.5) is 5.69 Å². The van der Waals surface area contributed by atoms with Crippen LogP contribution in [-0.4, -0.2) is 24.4 Å². The standard InChI is InChI=1S/C17H17ClN2O/c1-20(11-12-5-4-6-13(18)9-12)17(21)15-10-19-16-8-3-2-7-14(15)16/h2-9,15,19H,10-11H2,1H3. The van der Waals surface area contributed by atoms with Crippen LogP contribution in [0.3, 0.4) is 0 Å². The summed E-state index contributed by atoms with van der Waals surface area (Å²) in [4.78, 5) is 14.4. The SMILES string of the molecule is CN(Cc1cccc(Cl)c1)C(=O)C1CNc2ccccc21. The molecule has 0 bridgehead atoms. The number of amides is 1. The van der Waals surface area contributed by atoms with Gasteiger partial charge in [0.05, 0.1) is 5.92 Å². The van der Waals surface area contributed by atoms with E-state index in [4.69, 9.17) is 11.6 Å². The third-order valence-electron chi connectivity index (χ3n) is 3.82. The smallest absolute Gasteiger partial charge is 0.232 e. The van der Waals surface area contributed by atoms with Crippen LogP contribution in [0, 0.1) is 0 Å². The summed E-state index contributed by atoms with van der Waals surface area (Å²) in [5, 5.41) is 3.99. The minimum Gasteiger partial charge on any atom is -0.384 e. The van der Waals surface area contributed by atoms with Crippen molar-refractivity contribution in [2.24, 2.45) is 0 Å². The topological polar surface area (TPSA) is 32.3 Å². The van der Waals surface area contributed by atoms with Gasteiger partial charge >= 0.3 is 0 Å². The number of hydrogen-bond acceptors (Lipinski definition) is 2. The predicted octanol–water partition coefficient (Wildman–Crippen LogP) is 3.51. The van der Waals surface area contributed by atoms with Crippen molar-refractivity contribution in [1.29, 1.82) is 0 Å². The lowest BCUT2D eigenvalue weighted by molar-refractivity contribution is -0.131. The minimum atomic E-state index is -0.106. The number of rotatable bonds is 3. The Morgan fingerprint density at radius 2 is 2.10 bits per heavy atom. The van der Waals surface area contributed by atoms with E-state index in [2.05, 4.69) is 5.32 Å². The molecule has 108 valence electrons. The predicted molar refractivity (Wildman–Crippen MR) is 85.6 cm³/mol. The Hall–Kier alpha value is -2.00. The van der Waals surface area contributed by atoms with Gasteiger partial charge < -0.3 is 10.2 Å².